The van der Waals surface area contributed by atoms with Crippen molar-refractivity contribution in [1.29, 1.82) is 0 Å². The number of aromatic nitrogens is 4. The summed E-state index contributed by atoms with van der Waals surface area (Å²) >= 11 is 1.60. The molecule has 0 aliphatic carbocycles. The van der Waals surface area contributed by atoms with E-state index in [1.807, 2.05) is 4.68 Å². The van der Waals surface area contributed by atoms with Crippen LogP contribution in [-0.4, -0.2) is 65.5 Å². The second kappa shape index (κ2) is 10.1. The molecule has 0 unspecified atom stereocenters. The molecule has 1 rings (SSSR count). The first kappa shape index (κ1) is 16.4. The maximum absolute atomic E-state index is 5.39. The van der Waals surface area contributed by atoms with Gasteiger partial charge >= 0.3 is 0 Å². The zero-order valence-corrected chi connectivity index (χ0v) is 12.7. The highest BCUT2D eigenvalue weighted by Crippen LogP contribution is 2.12. The molecule has 19 heavy (non-hydrogen) atoms. The lowest BCUT2D eigenvalue weighted by Gasteiger charge is -2.08. The van der Waals surface area contributed by atoms with Crippen molar-refractivity contribution in [2.45, 2.75) is 31.6 Å². The molecule has 8 heteroatoms. The summed E-state index contributed by atoms with van der Waals surface area (Å²) in [5, 5.41) is 15.9. The third-order valence-electron chi connectivity index (χ3n) is 2.27. The smallest absolute Gasteiger partial charge is 0.209 e. The van der Waals surface area contributed by atoms with Crippen molar-refractivity contribution in [3.8, 4) is 0 Å². The minimum atomic E-state index is 0.474. The lowest BCUT2D eigenvalue weighted by atomic mass is 10.4. The number of nitrogens with one attached hydrogen (secondary N) is 1. The van der Waals surface area contributed by atoms with Gasteiger partial charge in [0, 0.05) is 25.4 Å². The van der Waals surface area contributed by atoms with Crippen LogP contribution in [0.1, 0.15) is 13.8 Å². The van der Waals surface area contributed by atoms with Crippen molar-refractivity contribution in [2.75, 3.05) is 39.2 Å². The Balaban J connectivity index is 2.17. The Hall–Kier alpha value is -0.700. The number of rotatable bonds is 11. The van der Waals surface area contributed by atoms with Gasteiger partial charge in [-0.1, -0.05) is 25.6 Å². The van der Waals surface area contributed by atoms with Gasteiger partial charge in [-0.3, -0.25) is 0 Å². The van der Waals surface area contributed by atoms with E-state index in [0.717, 1.165) is 24.0 Å². The van der Waals surface area contributed by atoms with Gasteiger partial charge in [-0.2, -0.15) is 0 Å². The fraction of sp³-hybridized carbons (Fsp3) is 0.909. The van der Waals surface area contributed by atoms with Crippen LogP contribution in [0.4, 0.5) is 0 Å². The van der Waals surface area contributed by atoms with E-state index in [9.17, 15) is 0 Å². The molecule has 1 heterocycles. The van der Waals surface area contributed by atoms with Crippen molar-refractivity contribution in [3.05, 3.63) is 0 Å². The van der Waals surface area contributed by atoms with Crippen molar-refractivity contribution in [2.24, 2.45) is 0 Å². The molecule has 0 atom stereocenters. The molecule has 0 aromatic carbocycles. The molecule has 0 fully saturated rings. The third kappa shape index (κ3) is 7.46. The molecule has 7 nitrogen and oxygen atoms in total. The monoisotopic (exact) mass is 289 g/mol. The molecular weight excluding hydrogens is 266 g/mol. The largest absolute Gasteiger partial charge is 0.382 e. The number of thioether (sulfide) groups is 1. The Bertz CT molecular complexity index is 335. The van der Waals surface area contributed by atoms with Gasteiger partial charge in [0.05, 0.1) is 26.4 Å². The van der Waals surface area contributed by atoms with Crippen LogP contribution in [0, 0.1) is 0 Å². The molecule has 0 saturated carbocycles. The van der Waals surface area contributed by atoms with Crippen LogP contribution in [0.25, 0.3) is 0 Å². The van der Waals surface area contributed by atoms with Gasteiger partial charge in [0.1, 0.15) is 0 Å². The van der Waals surface area contributed by atoms with Gasteiger partial charge in [-0.05, 0) is 10.4 Å². The van der Waals surface area contributed by atoms with Gasteiger partial charge in [0.2, 0.25) is 5.16 Å². The molecule has 1 aromatic heterocycles. The average molecular weight is 289 g/mol. The Morgan fingerprint density at radius 1 is 1.32 bits per heavy atom. The maximum Gasteiger partial charge on any atom is 0.209 e. The number of ether oxygens (including phenoxy) is 2. The maximum atomic E-state index is 5.39. The second-order valence-corrected chi connectivity index (χ2v) is 5.31. The van der Waals surface area contributed by atoms with Crippen LogP contribution in [0.2, 0.25) is 0 Å². The second-order valence-electron chi connectivity index (χ2n) is 4.25. The van der Waals surface area contributed by atoms with E-state index in [1.165, 1.54) is 0 Å². The molecule has 1 N–H and O–H groups in total. The molecule has 0 aliphatic rings. The van der Waals surface area contributed by atoms with Crippen LogP contribution in [0.15, 0.2) is 5.16 Å². The Labute approximate surface area is 118 Å². The van der Waals surface area contributed by atoms with Crippen molar-refractivity contribution < 1.29 is 9.47 Å². The molecule has 0 amide bonds. The van der Waals surface area contributed by atoms with Gasteiger partial charge < -0.3 is 14.8 Å². The minimum absolute atomic E-state index is 0.474. The summed E-state index contributed by atoms with van der Waals surface area (Å²) in [4.78, 5) is 0. The van der Waals surface area contributed by atoms with Crippen LogP contribution in [-0.2, 0) is 16.0 Å². The molecule has 0 saturated heterocycles. The Morgan fingerprint density at radius 2 is 2.16 bits per heavy atom. The molecular formula is C11H23N5O2S. The van der Waals surface area contributed by atoms with E-state index in [0.29, 0.717) is 25.9 Å². The number of hydrogen-bond donors (Lipinski definition) is 1. The summed E-state index contributed by atoms with van der Waals surface area (Å²) in [7, 11) is 1.66. The van der Waals surface area contributed by atoms with E-state index >= 15 is 0 Å². The van der Waals surface area contributed by atoms with Crippen molar-refractivity contribution in [1.82, 2.24) is 25.5 Å². The fourth-order valence-electron chi connectivity index (χ4n) is 1.34. The van der Waals surface area contributed by atoms with E-state index in [1.54, 1.807) is 18.9 Å². The Kier molecular flexibility index (Phi) is 8.72. The number of methoxy groups -OCH3 is 1. The van der Waals surface area contributed by atoms with Gasteiger partial charge in [-0.25, -0.2) is 4.68 Å². The Morgan fingerprint density at radius 3 is 2.89 bits per heavy atom. The van der Waals surface area contributed by atoms with Crippen molar-refractivity contribution in [3.63, 3.8) is 0 Å². The van der Waals surface area contributed by atoms with Gasteiger partial charge in [0.15, 0.2) is 0 Å². The van der Waals surface area contributed by atoms with E-state index in [2.05, 4.69) is 34.7 Å². The summed E-state index contributed by atoms with van der Waals surface area (Å²) in [6, 6.07) is 0.474. The number of tetrazole rings is 1. The lowest BCUT2D eigenvalue weighted by molar-refractivity contribution is 0.0790. The topological polar surface area (TPSA) is 74.1 Å². The normalized spacial score (nSPS) is 11.4. The predicted molar refractivity (Wildman–Crippen MR) is 74.4 cm³/mol. The number of nitrogens with zero attached hydrogens (tertiary/aromatic N) is 4. The third-order valence-corrected chi connectivity index (χ3v) is 3.19. The van der Waals surface area contributed by atoms with E-state index < -0.39 is 0 Å². The average Bonchev–Trinajstić information content (AvgIpc) is 2.81. The van der Waals surface area contributed by atoms with Crippen LogP contribution >= 0.6 is 11.8 Å². The van der Waals surface area contributed by atoms with Gasteiger partial charge in [-0.15, -0.1) is 5.10 Å². The van der Waals surface area contributed by atoms with Crippen LogP contribution in [0.5, 0.6) is 0 Å². The summed E-state index contributed by atoms with van der Waals surface area (Å²) in [5.74, 6) is 0.835. The van der Waals surface area contributed by atoms with Crippen LogP contribution in [0.3, 0.4) is 0 Å². The molecule has 0 bridgehead atoms. The highest BCUT2D eigenvalue weighted by Gasteiger charge is 2.06. The summed E-state index contributed by atoms with van der Waals surface area (Å²) in [5.41, 5.74) is 0. The van der Waals surface area contributed by atoms with Crippen molar-refractivity contribution >= 4 is 11.8 Å². The summed E-state index contributed by atoms with van der Waals surface area (Å²) in [6.45, 7) is 7.80. The highest BCUT2D eigenvalue weighted by molar-refractivity contribution is 7.99. The van der Waals surface area contributed by atoms with Crippen LogP contribution < -0.4 is 5.32 Å². The number of hydrogen-bond acceptors (Lipinski definition) is 7. The quantitative estimate of drug-likeness (QED) is 0.467. The standard InChI is InChI=1S/C11H23N5O2S/c1-10(2)12-4-5-16-11(13-14-15-16)19-9-8-18-7-6-17-3/h10,12H,4-9H2,1-3H3. The molecule has 0 aliphatic heterocycles. The molecule has 0 spiro atoms. The van der Waals surface area contributed by atoms with Gasteiger partial charge in [0.25, 0.3) is 0 Å². The molecule has 1 aromatic rings. The van der Waals surface area contributed by atoms with E-state index in [4.69, 9.17) is 9.47 Å². The first-order valence-corrected chi connectivity index (χ1v) is 7.41. The van der Waals surface area contributed by atoms with E-state index in [-0.39, 0.29) is 0 Å². The minimum Gasteiger partial charge on any atom is -0.382 e. The zero-order chi connectivity index (χ0) is 13.9. The SMILES string of the molecule is COCCOCCSc1nnnn1CCNC(C)C. The highest BCUT2D eigenvalue weighted by atomic mass is 32.2. The molecule has 0 radical (unpaired) electrons. The predicted octanol–water partition coefficient (Wildman–Crippen LogP) is 0.426. The summed E-state index contributed by atoms with van der Waals surface area (Å²) < 4.78 is 12.1. The zero-order valence-electron chi connectivity index (χ0n) is 11.8. The lowest BCUT2D eigenvalue weighted by Crippen LogP contribution is -2.27. The first-order chi connectivity index (χ1) is 9.24. The first-order valence-electron chi connectivity index (χ1n) is 6.43. The summed E-state index contributed by atoms with van der Waals surface area (Å²) in [6.07, 6.45) is 0. The fourth-order valence-corrected chi connectivity index (χ4v) is 2.09. The molecule has 110 valence electrons.